The molecule has 4 nitrogen and oxygen atoms in total. The predicted molar refractivity (Wildman–Crippen MR) is 129 cm³/mol. The van der Waals surface area contributed by atoms with Gasteiger partial charge in [0.1, 0.15) is 11.5 Å². The van der Waals surface area contributed by atoms with Gasteiger partial charge in [0.15, 0.2) is 0 Å². The maximum absolute atomic E-state index is 6.12. The smallest absolute Gasteiger partial charge is 0.128 e. The normalized spacial score (nSPS) is 16.7. The van der Waals surface area contributed by atoms with E-state index in [2.05, 4.69) is 35.9 Å². The van der Waals surface area contributed by atoms with Crippen molar-refractivity contribution in [1.82, 2.24) is 9.88 Å². The summed E-state index contributed by atoms with van der Waals surface area (Å²) in [6.07, 6.45) is 3.57. The monoisotopic (exact) mass is 445 g/mol. The Morgan fingerprint density at radius 1 is 0.933 bits per heavy atom. The van der Waals surface area contributed by atoms with E-state index in [-0.39, 0.29) is 24.8 Å². The third-order valence-corrected chi connectivity index (χ3v) is 6.23. The number of likely N-dealkylation sites (tertiary alicyclic amines) is 1. The first-order valence-electron chi connectivity index (χ1n) is 10.3. The molecule has 0 radical (unpaired) electrons. The molecule has 2 aliphatic rings. The zero-order valence-corrected chi connectivity index (χ0v) is 19.1. The van der Waals surface area contributed by atoms with Gasteiger partial charge in [-0.1, -0.05) is 18.2 Å². The maximum atomic E-state index is 6.12. The number of ether oxygens (including phenoxy) is 1. The number of piperidine rings is 1. The highest BCUT2D eigenvalue weighted by molar-refractivity contribution is 5.96. The van der Waals surface area contributed by atoms with Gasteiger partial charge in [0.2, 0.25) is 0 Å². The van der Waals surface area contributed by atoms with E-state index in [1.54, 1.807) is 0 Å². The van der Waals surface area contributed by atoms with Gasteiger partial charge in [0.05, 0.1) is 11.2 Å². The number of hydrogen-bond donors (Lipinski definition) is 0. The lowest BCUT2D eigenvalue weighted by Gasteiger charge is -2.37. The molecule has 0 amide bonds. The Morgan fingerprint density at radius 2 is 1.67 bits per heavy atom. The third-order valence-electron chi connectivity index (χ3n) is 6.23. The van der Waals surface area contributed by atoms with Crippen LogP contribution in [-0.4, -0.2) is 42.6 Å². The highest BCUT2D eigenvalue weighted by atomic mass is 35.5. The van der Waals surface area contributed by atoms with Crippen LogP contribution >= 0.6 is 24.8 Å². The average Bonchev–Trinajstić information content (AvgIpc) is 3.16. The van der Waals surface area contributed by atoms with E-state index < -0.39 is 0 Å². The van der Waals surface area contributed by atoms with Crippen molar-refractivity contribution >= 4 is 41.4 Å². The van der Waals surface area contributed by atoms with Crippen LogP contribution in [0.25, 0.3) is 10.9 Å². The molecule has 0 N–H and O–H groups in total. The minimum Gasteiger partial charge on any atom is -0.457 e. The summed E-state index contributed by atoms with van der Waals surface area (Å²) >= 11 is 0. The number of anilines is 1. The summed E-state index contributed by atoms with van der Waals surface area (Å²) in [4.78, 5) is 9.99. The van der Waals surface area contributed by atoms with Crippen molar-refractivity contribution in [2.45, 2.75) is 32.2 Å². The van der Waals surface area contributed by atoms with Crippen molar-refractivity contribution in [3.63, 3.8) is 0 Å². The molecule has 1 fully saturated rings. The summed E-state index contributed by atoms with van der Waals surface area (Å²) in [5, 5.41) is 1.23. The van der Waals surface area contributed by atoms with Crippen molar-refractivity contribution in [3.05, 3.63) is 59.8 Å². The van der Waals surface area contributed by atoms with Crippen LogP contribution in [0.4, 0.5) is 5.69 Å². The SMILES string of the molecule is Cc1nc2ccc(Oc3ccccc3)cc2c2c1CCN2C1CCN(C)CC1.Cl.Cl. The summed E-state index contributed by atoms with van der Waals surface area (Å²) < 4.78 is 6.12. The summed E-state index contributed by atoms with van der Waals surface area (Å²) in [6, 6.07) is 16.9. The second-order valence-electron chi connectivity index (χ2n) is 8.10. The fraction of sp³-hybridized carbons (Fsp3) is 0.375. The Bertz CT molecular complexity index is 1000. The highest BCUT2D eigenvalue weighted by Gasteiger charge is 2.31. The molecular formula is C24H29Cl2N3O. The molecule has 6 heteroatoms. The molecule has 5 rings (SSSR count). The molecular weight excluding hydrogens is 417 g/mol. The number of hydrogen-bond acceptors (Lipinski definition) is 4. The van der Waals surface area contributed by atoms with Crippen molar-refractivity contribution in [2.24, 2.45) is 0 Å². The van der Waals surface area contributed by atoms with Crippen molar-refractivity contribution in [2.75, 3.05) is 31.6 Å². The van der Waals surface area contributed by atoms with Crippen LogP contribution in [0, 0.1) is 6.92 Å². The zero-order chi connectivity index (χ0) is 19.1. The number of rotatable bonds is 3. The molecule has 160 valence electrons. The molecule has 0 unspecified atom stereocenters. The number of para-hydroxylation sites is 1. The molecule has 2 aliphatic heterocycles. The van der Waals surface area contributed by atoms with Crippen LogP contribution in [0.1, 0.15) is 24.1 Å². The lowest BCUT2D eigenvalue weighted by atomic mass is 10.0. The molecule has 1 saturated heterocycles. The number of benzene rings is 2. The molecule has 2 aromatic carbocycles. The van der Waals surface area contributed by atoms with E-state index >= 15 is 0 Å². The first-order valence-corrected chi connectivity index (χ1v) is 10.3. The van der Waals surface area contributed by atoms with Gasteiger partial charge in [0.25, 0.3) is 0 Å². The van der Waals surface area contributed by atoms with E-state index in [1.807, 2.05) is 36.4 Å². The Hall–Kier alpha value is -2.01. The zero-order valence-electron chi connectivity index (χ0n) is 17.5. The van der Waals surface area contributed by atoms with Crippen molar-refractivity contribution in [1.29, 1.82) is 0 Å². The molecule has 0 atom stereocenters. The van der Waals surface area contributed by atoms with Gasteiger partial charge in [-0.2, -0.15) is 0 Å². The van der Waals surface area contributed by atoms with Gasteiger partial charge in [-0.05, 0) is 82.2 Å². The Kier molecular flexibility index (Phi) is 7.12. The lowest BCUT2D eigenvalue weighted by molar-refractivity contribution is 0.251. The summed E-state index contributed by atoms with van der Waals surface area (Å²) in [7, 11) is 2.23. The molecule has 0 spiro atoms. The molecule has 0 bridgehead atoms. The van der Waals surface area contributed by atoms with Crippen molar-refractivity contribution in [3.8, 4) is 11.5 Å². The molecule has 3 aromatic rings. The summed E-state index contributed by atoms with van der Waals surface area (Å²) in [5.74, 6) is 1.74. The van der Waals surface area contributed by atoms with Crippen LogP contribution in [0.2, 0.25) is 0 Å². The van der Waals surface area contributed by atoms with E-state index in [9.17, 15) is 0 Å². The topological polar surface area (TPSA) is 28.6 Å². The Labute approximate surface area is 191 Å². The van der Waals surface area contributed by atoms with Gasteiger partial charge in [0, 0.05) is 23.7 Å². The van der Waals surface area contributed by atoms with Gasteiger partial charge < -0.3 is 14.5 Å². The van der Waals surface area contributed by atoms with Gasteiger partial charge in [-0.25, -0.2) is 0 Å². The van der Waals surface area contributed by atoms with E-state index in [4.69, 9.17) is 9.72 Å². The van der Waals surface area contributed by atoms with E-state index in [1.165, 1.54) is 48.3 Å². The van der Waals surface area contributed by atoms with Crippen LogP contribution in [0.5, 0.6) is 11.5 Å². The van der Waals surface area contributed by atoms with Crippen molar-refractivity contribution < 1.29 is 4.74 Å². The van der Waals surface area contributed by atoms with Gasteiger partial charge in [-0.3, -0.25) is 4.98 Å². The predicted octanol–water partition coefficient (Wildman–Crippen LogP) is 5.64. The summed E-state index contributed by atoms with van der Waals surface area (Å²) in [6.45, 7) is 5.63. The molecule has 30 heavy (non-hydrogen) atoms. The number of halogens is 2. The summed E-state index contributed by atoms with van der Waals surface area (Å²) in [5.41, 5.74) is 5.06. The third kappa shape index (κ3) is 4.22. The van der Waals surface area contributed by atoms with Gasteiger partial charge in [-0.15, -0.1) is 24.8 Å². The highest BCUT2D eigenvalue weighted by Crippen LogP contribution is 2.41. The number of fused-ring (bicyclic) bond motifs is 3. The fourth-order valence-corrected chi connectivity index (χ4v) is 4.72. The van der Waals surface area contributed by atoms with Gasteiger partial charge >= 0.3 is 0 Å². The molecule has 0 aliphatic carbocycles. The fourth-order valence-electron chi connectivity index (χ4n) is 4.72. The largest absolute Gasteiger partial charge is 0.457 e. The van der Waals surface area contributed by atoms with Crippen LogP contribution in [0.15, 0.2) is 48.5 Å². The van der Waals surface area contributed by atoms with Crippen LogP contribution in [-0.2, 0) is 6.42 Å². The second kappa shape index (κ2) is 9.42. The molecule has 1 aromatic heterocycles. The van der Waals surface area contributed by atoms with Crippen LogP contribution < -0.4 is 9.64 Å². The quantitative estimate of drug-likeness (QED) is 0.521. The minimum absolute atomic E-state index is 0. The number of aromatic nitrogens is 1. The molecule has 0 saturated carbocycles. The molecule has 3 heterocycles. The maximum Gasteiger partial charge on any atom is 0.128 e. The van der Waals surface area contributed by atoms with Crippen LogP contribution in [0.3, 0.4) is 0 Å². The van der Waals surface area contributed by atoms with E-state index in [0.717, 1.165) is 30.0 Å². The lowest BCUT2D eigenvalue weighted by Crippen LogP contribution is -2.43. The first-order chi connectivity index (χ1) is 13.7. The number of pyridine rings is 1. The second-order valence-corrected chi connectivity index (χ2v) is 8.10. The standard InChI is InChI=1S/C24H27N3O.2ClH/c1-17-21-12-15-27(18-10-13-26(2)14-11-18)24(21)22-16-20(8-9-23(22)25-17)28-19-6-4-3-5-7-19;;/h3-9,16,18H,10-15H2,1-2H3;2*1H. The minimum atomic E-state index is 0. The Morgan fingerprint density at radius 3 is 2.40 bits per heavy atom. The first kappa shape index (κ1) is 22.7. The number of aryl methyl sites for hydroxylation is 1. The average molecular weight is 446 g/mol. The Balaban J connectivity index is 0.00000128. The van der Waals surface area contributed by atoms with E-state index in [0.29, 0.717) is 6.04 Å². The number of nitrogens with zero attached hydrogens (tertiary/aromatic N) is 3.